The van der Waals surface area contributed by atoms with Crippen molar-refractivity contribution in [3.05, 3.63) is 34.6 Å². The number of aromatic nitrogens is 3. The fraction of sp³-hybridized carbons (Fsp3) is 0.333. The Labute approximate surface area is 116 Å². The van der Waals surface area contributed by atoms with Gasteiger partial charge in [-0.15, -0.1) is 10.2 Å². The van der Waals surface area contributed by atoms with Crippen molar-refractivity contribution in [1.82, 2.24) is 14.8 Å². The second kappa shape index (κ2) is 4.96. The van der Waals surface area contributed by atoms with Crippen LogP contribution in [0, 0.1) is 0 Å². The van der Waals surface area contributed by atoms with Crippen LogP contribution in [0.25, 0.3) is 11.4 Å². The molecular weight excluding hydrogens is 323 g/mol. The van der Waals surface area contributed by atoms with Crippen LogP contribution in [0.4, 0.5) is 13.2 Å². The van der Waals surface area contributed by atoms with Crippen LogP contribution in [0.5, 0.6) is 0 Å². The predicted molar refractivity (Wildman–Crippen MR) is 68.5 cm³/mol. The summed E-state index contributed by atoms with van der Waals surface area (Å²) in [5.41, 5.74) is -0.329. The number of benzene rings is 1. The normalized spacial score (nSPS) is 12.2. The number of hydrogen-bond donors (Lipinski definition) is 0. The molecule has 3 nitrogen and oxygen atoms in total. The molecule has 0 aliphatic carbocycles. The summed E-state index contributed by atoms with van der Waals surface area (Å²) in [6, 6.07) is 4.11. The van der Waals surface area contributed by atoms with E-state index in [9.17, 15) is 13.2 Å². The molecule has 0 saturated carbocycles. The zero-order valence-electron chi connectivity index (χ0n) is 10.2. The molecule has 0 amide bonds. The van der Waals surface area contributed by atoms with Gasteiger partial charge in [-0.1, -0.05) is 22.0 Å². The van der Waals surface area contributed by atoms with Crippen molar-refractivity contribution in [3.63, 3.8) is 0 Å². The molecule has 2 rings (SSSR count). The molecule has 0 saturated heterocycles. The average Bonchev–Trinajstić information content (AvgIpc) is 2.77. The van der Waals surface area contributed by atoms with E-state index in [4.69, 9.17) is 0 Å². The van der Waals surface area contributed by atoms with Gasteiger partial charge in [0.1, 0.15) is 6.33 Å². The largest absolute Gasteiger partial charge is 0.417 e. The molecule has 7 heteroatoms. The van der Waals surface area contributed by atoms with Crippen molar-refractivity contribution >= 4 is 15.9 Å². The Bertz CT molecular complexity index is 590. The topological polar surface area (TPSA) is 30.7 Å². The van der Waals surface area contributed by atoms with Gasteiger partial charge in [0, 0.05) is 16.1 Å². The van der Waals surface area contributed by atoms with Crippen LogP contribution in [0.3, 0.4) is 0 Å². The van der Waals surface area contributed by atoms with Crippen molar-refractivity contribution in [2.75, 3.05) is 0 Å². The van der Waals surface area contributed by atoms with Crippen LogP contribution < -0.4 is 0 Å². The molecule has 0 aliphatic rings. The maximum absolute atomic E-state index is 12.9. The van der Waals surface area contributed by atoms with E-state index in [0.29, 0.717) is 11.4 Å². The van der Waals surface area contributed by atoms with E-state index < -0.39 is 11.7 Å². The summed E-state index contributed by atoms with van der Waals surface area (Å²) in [5.74, 6) is 0.424. The molecule has 0 unspecified atom stereocenters. The molecule has 0 N–H and O–H groups in total. The van der Waals surface area contributed by atoms with Crippen molar-refractivity contribution in [2.45, 2.75) is 26.1 Å². The monoisotopic (exact) mass is 333 g/mol. The molecule has 2 aromatic rings. The van der Waals surface area contributed by atoms with Gasteiger partial charge in [0.15, 0.2) is 5.82 Å². The van der Waals surface area contributed by atoms with Crippen LogP contribution in [0.1, 0.15) is 25.5 Å². The molecule has 0 spiro atoms. The highest BCUT2D eigenvalue weighted by atomic mass is 79.9. The summed E-state index contributed by atoms with van der Waals surface area (Å²) >= 11 is 2.91. The second-order valence-electron chi connectivity index (χ2n) is 4.35. The Morgan fingerprint density at radius 3 is 2.53 bits per heavy atom. The van der Waals surface area contributed by atoms with Crippen LogP contribution in [0.2, 0.25) is 0 Å². The van der Waals surface area contributed by atoms with Gasteiger partial charge in [-0.2, -0.15) is 13.2 Å². The minimum Gasteiger partial charge on any atom is -0.311 e. The Kier molecular flexibility index (Phi) is 3.66. The number of rotatable bonds is 2. The first-order valence-corrected chi connectivity index (χ1v) is 6.36. The van der Waals surface area contributed by atoms with Crippen LogP contribution >= 0.6 is 15.9 Å². The number of halogens is 4. The maximum atomic E-state index is 12.9. The maximum Gasteiger partial charge on any atom is 0.417 e. The van der Waals surface area contributed by atoms with Crippen molar-refractivity contribution in [3.8, 4) is 11.4 Å². The van der Waals surface area contributed by atoms with Gasteiger partial charge in [0.05, 0.1) is 5.56 Å². The van der Waals surface area contributed by atoms with Crippen molar-refractivity contribution in [2.24, 2.45) is 0 Å². The fourth-order valence-corrected chi connectivity index (χ4v) is 2.18. The molecule has 102 valence electrons. The summed E-state index contributed by atoms with van der Waals surface area (Å²) in [7, 11) is 0. The number of alkyl halides is 3. The molecule has 1 heterocycles. The highest BCUT2D eigenvalue weighted by Gasteiger charge is 2.33. The summed E-state index contributed by atoms with van der Waals surface area (Å²) in [4.78, 5) is 0. The van der Waals surface area contributed by atoms with E-state index in [1.54, 1.807) is 10.6 Å². The van der Waals surface area contributed by atoms with E-state index in [2.05, 4.69) is 26.1 Å². The van der Waals surface area contributed by atoms with Gasteiger partial charge in [0.25, 0.3) is 0 Å². The summed E-state index contributed by atoms with van der Waals surface area (Å²) in [6.45, 7) is 3.83. The molecule has 0 aliphatic heterocycles. The van der Waals surface area contributed by atoms with Crippen molar-refractivity contribution in [1.29, 1.82) is 0 Å². The highest BCUT2D eigenvalue weighted by molar-refractivity contribution is 9.10. The van der Waals surface area contributed by atoms with Crippen LogP contribution in [-0.2, 0) is 6.18 Å². The Balaban J connectivity index is 2.55. The van der Waals surface area contributed by atoms with E-state index in [1.165, 1.54) is 12.4 Å². The first kappa shape index (κ1) is 14.0. The van der Waals surface area contributed by atoms with Gasteiger partial charge < -0.3 is 4.57 Å². The van der Waals surface area contributed by atoms with Gasteiger partial charge in [-0.25, -0.2) is 0 Å². The molecule has 0 radical (unpaired) electrons. The average molecular weight is 334 g/mol. The van der Waals surface area contributed by atoms with Gasteiger partial charge in [-0.05, 0) is 26.0 Å². The molecule has 0 bridgehead atoms. The SMILES string of the molecule is CC(C)n1cnnc1-c1ccc(Br)c(C(F)(F)F)c1. The number of nitrogens with zero attached hydrogens (tertiary/aromatic N) is 3. The lowest BCUT2D eigenvalue weighted by Gasteiger charge is -2.13. The Hall–Kier alpha value is -1.37. The van der Waals surface area contributed by atoms with Crippen LogP contribution in [0.15, 0.2) is 29.0 Å². The molecule has 19 heavy (non-hydrogen) atoms. The minimum atomic E-state index is -4.41. The van der Waals surface area contributed by atoms with Crippen molar-refractivity contribution < 1.29 is 13.2 Å². The smallest absolute Gasteiger partial charge is 0.311 e. The first-order valence-electron chi connectivity index (χ1n) is 5.57. The van der Waals surface area contributed by atoms with Gasteiger partial charge >= 0.3 is 6.18 Å². The minimum absolute atomic E-state index is 0.0133. The van der Waals surface area contributed by atoms with E-state index in [-0.39, 0.29) is 10.5 Å². The summed E-state index contributed by atoms with van der Waals surface area (Å²) in [6.07, 6.45) is -2.90. The highest BCUT2D eigenvalue weighted by Crippen LogP contribution is 2.37. The quantitative estimate of drug-likeness (QED) is 0.819. The Morgan fingerprint density at radius 1 is 1.26 bits per heavy atom. The molecule has 1 aromatic heterocycles. The predicted octanol–water partition coefficient (Wildman–Crippen LogP) is 4.31. The number of hydrogen-bond acceptors (Lipinski definition) is 2. The third-order valence-corrected chi connectivity index (χ3v) is 3.35. The zero-order valence-corrected chi connectivity index (χ0v) is 11.8. The zero-order chi connectivity index (χ0) is 14.2. The lowest BCUT2D eigenvalue weighted by Crippen LogP contribution is -2.07. The Morgan fingerprint density at radius 2 is 1.95 bits per heavy atom. The van der Waals surface area contributed by atoms with E-state index in [0.717, 1.165) is 6.07 Å². The molecule has 1 aromatic carbocycles. The third-order valence-electron chi connectivity index (χ3n) is 2.66. The second-order valence-corrected chi connectivity index (χ2v) is 5.20. The lowest BCUT2D eigenvalue weighted by molar-refractivity contribution is -0.138. The first-order chi connectivity index (χ1) is 8.80. The lowest BCUT2D eigenvalue weighted by atomic mass is 10.1. The molecule has 0 fully saturated rings. The van der Waals surface area contributed by atoms with Gasteiger partial charge in [0.2, 0.25) is 0 Å². The molecular formula is C12H11BrF3N3. The van der Waals surface area contributed by atoms with Crippen LogP contribution in [-0.4, -0.2) is 14.8 Å². The standard InChI is InChI=1S/C12H11BrF3N3/c1-7(2)19-6-17-18-11(19)8-3-4-10(13)9(5-8)12(14,15)16/h3-7H,1-2H3. The summed E-state index contributed by atoms with van der Waals surface area (Å²) < 4.78 is 40.3. The van der Waals surface area contributed by atoms with E-state index >= 15 is 0 Å². The van der Waals surface area contributed by atoms with E-state index in [1.807, 2.05) is 13.8 Å². The fourth-order valence-electron chi connectivity index (χ4n) is 1.71. The van der Waals surface area contributed by atoms with Gasteiger partial charge in [-0.3, -0.25) is 0 Å². The molecule has 0 atom stereocenters. The third kappa shape index (κ3) is 2.80. The summed E-state index contributed by atoms with van der Waals surface area (Å²) in [5, 5.41) is 7.64.